The number of aromatic nitrogens is 3. The average Bonchev–Trinajstić information content (AvgIpc) is 3.40. The summed E-state index contributed by atoms with van der Waals surface area (Å²) in [6.45, 7) is 3.94. The van der Waals surface area contributed by atoms with Crippen LogP contribution < -0.4 is 9.64 Å². The number of thioether (sulfide) groups is 1. The standard InChI is InChI=1S/C28H23F3N6O2S/c1-18-4-3-5-19(2)25(18)37-24(38)14-15-40-27(37)34-33-16-20-6-8-21(9-7-20)26-32-17-36(35-26)22-10-12-23(13-11-22)39-28(29,30)31/h3-13,16-17H,14-15H2,1-2H3/b33-16+,34-27-. The summed E-state index contributed by atoms with van der Waals surface area (Å²) in [5, 5.41) is 13.6. The average molecular weight is 565 g/mol. The van der Waals surface area contributed by atoms with E-state index in [4.69, 9.17) is 0 Å². The van der Waals surface area contributed by atoms with E-state index in [9.17, 15) is 18.0 Å². The molecule has 1 amide bonds. The van der Waals surface area contributed by atoms with Gasteiger partial charge in [0.2, 0.25) is 5.91 Å². The van der Waals surface area contributed by atoms with Crippen molar-refractivity contribution in [3.05, 3.63) is 89.7 Å². The first-order valence-electron chi connectivity index (χ1n) is 12.2. The van der Waals surface area contributed by atoms with Crippen LogP contribution in [-0.2, 0) is 4.79 Å². The van der Waals surface area contributed by atoms with E-state index in [0.717, 1.165) is 27.9 Å². The molecule has 0 unspecified atom stereocenters. The minimum atomic E-state index is -4.75. The maximum Gasteiger partial charge on any atom is 0.573 e. The van der Waals surface area contributed by atoms with E-state index in [2.05, 4.69) is 25.0 Å². The number of hydrogen-bond donors (Lipinski definition) is 0. The first-order chi connectivity index (χ1) is 19.2. The Kier molecular flexibility index (Phi) is 7.69. The van der Waals surface area contributed by atoms with Gasteiger partial charge in [0.05, 0.1) is 17.6 Å². The summed E-state index contributed by atoms with van der Waals surface area (Å²) in [5.74, 6) is 0.771. The van der Waals surface area contributed by atoms with Gasteiger partial charge in [0.15, 0.2) is 11.0 Å². The zero-order valence-electron chi connectivity index (χ0n) is 21.5. The van der Waals surface area contributed by atoms with E-state index in [1.54, 1.807) is 11.1 Å². The van der Waals surface area contributed by atoms with E-state index in [-0.39, 0.29) is 11.7 Å². The van der Waals surface area contributed by atoms with Gasteiger partial charge in [-0.05, 0) is 54.8 Å². The van der Waals surface area contributed by atoms with Crippen LogP contribution in [0.15, 0.2) is 83.3 Å². The highest BCUT2D eigenvalue weighted by atomic mass is 32.2. The summed E-state index contributed by atoms with van der Waals surface area (Å²) in [7, 11) is 0. The molecule has 1 saturated heterocycles. The molecule has 0 spiro atoms. The van der Waals surface area contributed by atoms with E-state index < -0.39 is 6.36 Å². The summed E-state index contributed by atoms with van der Waals surface area (Å²) < 4.78 is 42.5. The highest BCUT2D eigenvalue weighted by molar-refractivity contribution is 8.14. The molecule has 0 bridgehead atoms. The number of amides is 1. The molecule has 0 aliphatic carbocycles. The number of ether oxygens (including phenoxy) is 1. The van der Waals surface area contributed by atoms with Crippen LogP contribution in [0.25, 0.3) is 17.1 Å². The fourth-order valence-corrected chi connectivity index (χ4v) is 5.03. The largest absolute Gasteiger partial charge is 0.573 e. The molecule has 1 aliphatic rings. The van der Waals surface area contributed by atoms with E-state index >= 15 is 0 Å². The van der Waals surface area contributed by atoms with Gasteiger partial charge in [-0.1, -0.05) is 54.2 Å². The van der Waals surface area contributed by atoms with Gasteiger partial charge in [-0.15, -0.1) is 23.4 Å². The molecular weight excluding hydrogens is 541 g/mol. The van der Waals surface area contributed by atoms with Crippen LogP contribution in [-0.4, -0.2) is 44.2 Å². The van der Waals surface area contributed by atoms with Gasteiger partial charge in [0.25, 0.3) is 0 Å². The Balaban J connectivity index is 1.29. The first-order valence-corrected chi connectivity index (χ1v) is 13.2. The molecule has 1 fully saturated rings. The van der Waals surface area contributed by atoms with Crippen molar-refractivity contribution in [2.45, 2.75) is 26.6 Å². The van der Waals surface area contributed by atoms with E-state index in [1.807, 2.05) is 56.3 Å². The Labute approximate surface area is 232 Å². The van der Waals surface area contributed by atoms with Gasteiger partial charge in [0.1, 0.15) is 12.1 Å². The molecule has 2 heterocycles. The number of anilines is 1. The number of carbonyl (C=O) groups is 1. The molecule has 0 radical (unpaired) electrons. The number of nitrogens with zero attached hydrogens (tertiary/aromatic N) is 6. The van der Waals surface area contributed by atoms with Gasteiger partial charge < -0.3 is 4.74 Å². The van der Waals surface area contributed by atoms with Crippen molar-refractivity contribution in [1.29, 1.82) is 0 Å². The highest BCUT2D eigenvalue weighted by Crippen LogP contribution is 2.31. The minimum absolute atomic E-state index is 0.00743. The summed E-state index contributed by atoms with van der Waals surface area (Å²) in [6, 6.07) is 18.6. The number of alkyl halides is 3. The molecule has 4 aromatic rings. The molecule has 1 aliphatic heterocycles. The normalized spacial score (nSPS) is 15.3. The van der Waals surface area contributed by atoms with Crippen molar-refractivity contribution < 1.29 is 22.7 Å². The molecule has 12 heteroatoms. The Bertz CT molecular complexity index is 1560. The summed E-state index contributed by atoms with van der Waals surface area (Å²) in [5.41, 5.74) is 4.89. The summed E-state index contributed by atoms with van der Waals surface area (Å²) >= 11 is 1.49. The van der Waals surface area contributed by atoms with Gasteiger partial charge >= 0.3 is 6.36 Å². The number of aryl methyl sites for hydroxylation is 2. The fraction of sp³-hybridized carbons (Fsp3) is 0.179. The van der Waals surface area contributed by atoms with Gasteiger partial charge in [-0.3, -0.25) is 9.69 Å². The number of rotatable bonds is 6. The summed E-state index contributed by atoms with van der Waals surface area (Å²) in [6.07, 6.45) is -1.23. The number of amidine groups is 1. The second kappa shape index (κ2) is 11.3. The summed E-state index contributed by atoms with van der Waals surface area (Å²) in [4.78, 5) is 18.7. The molecule has 40 heavy (non-hydrogen) atoms. The molecule has 1 aromatic heterocycles. The van der Waals surface area contributed by atoms with Crippen LogP contribution in [0.2, 0.25) is 0 Å². The number of halogens is 3. The van der Waals surface area contributed by atoms with Gasteiger partial charge in [-0.25, -0.2) is 9.67 Å². The topological polar surface area (TPSA) is 85.0 Å². The Hall–Kier alpha value is -4.45. The van der Waals surface area contributed by atoms with Crippen LogP contribution in [0.4, 0.5) is 18.9 Å². The fourth-order valence-electron chi connectivity index (χ4n) is 4.15. The van der Waals surface area contributed by atoms with Crippen LogP contribution in [0.5, 0.6) is 5.75 Å². The third-order valence-electron chi connectivity index (χ3n) is 6.00. The highest BCUT2D eigenvalue weighted by Gasteiger charge is 2.31. The molecule has 0 saturated carbocycles. The molecule has 0 atom stereocenters. The Morgan fingerprint density at radius 1 is 1.00 bits per heavy atom. The van der Waals surface area contributed by atoms with Gasteiger partial charge in [0, 0.05) is 17.7 Å². The second-order valence-corrected chi connectivity index (χ2v) is 9.93. The second-order valence-electron chi connectivity index (χ2n) is 8.87. The molecule has 8 nitrogen and oxygen atoms in total. The maximum atomic E-state index is 12.8. The third kappa shape index (κ3) is 6.23. The zero-order chi connectivity index (χ0) is 28.3. The van der Waals surface area contributed by atoms with Crippen molar-refractivity contribution in [2.75, 3.05) is 10.7 Å². The predicted molar refractivity (Wildman–Crippen MR) is 149 cm³/mol. The lowest BCUT2D eigenvalue weighted by Crippen LogP contribution is -2.40. The number of para-hydroxylation sites is 1. The van der Waals surface area contributed by atoms with Crippen LogP contribution in [0.1, 0.15) is 23.1 Å². The maximum absolute atomic E-state index is 12.8. The van der Waals surface area contributed by atoms with Crippen LogP contribution in [0.3, 0.4) is 0 Å². The molecule has 0 N–H and O–H groups in total. The molecular formula is C28H23F3N6O2S. The third-order valence-corrected chi connectivity index (χ3v) is 6.93. The Morgan fingerprint density at radius 3 is 2.38 bits per heavy atom. The zero-order valence-corrected chi connectivity index (χ0v) is 22.3. The first kappa shape index (κ1) is 27.1. The van der Waals surface area contributed by atoms with Crippen LogP contribution >= 0.6 is 11.8 Å². The predicted octanol–water partition coefficient (Wildman–Crippen LogP) is 6.31. The Morgan fingerprint density at radius 2 is 1.70 bits per heavy atom. The van der Waals surface area contributed by atoms with Crippen LogP contribution in [0, 0.1) is 13.8 Å². The molecule has 204 valence electrons. The lowest BCUT2D eigenvalue weighted by atomic mass is 10.1. The monoisotopic (exact) mass is 564 g/mol. The SMILES string of the molecule is Cc1cccc(C)c1N1C(=O)CCS/C1=N\N=C\c1ccc(-c2ncn(-c3ccc(OC(F)(F)F)cc3)n2)cc1. The van der Waals surface area contributed by atoms with Crippen molar-refractivity contribution in [3.63, 3.8) is 0 Å². The van der Waals surface area contributed by atoms with Crippen molar-refractivity contribution in [3.8, 4) is 22.8 Å². The van der Waals surface area contributed by atoms with Crippen molar-refractivity contribution in [2.24, 2.45) is 10.2 Å². The molecule has 3 aromatic carbocycles. The number of benzene rings is 3. The van der Waals surface area contributed by atoms with Crippen molar-refractivity contribution >= 4 is 34.7 Å². The number of hydrogen-bond acceptors (Lipinski definition) is 7. The molecule has 5 rings (SSSR count). The van der Waals surface area contributed by atoms with E-state index in [0.29, 0.717) is 28.9 Å². The minimum Gasteiger partial charge on any atom is -0.406 e. The smallest absolute Gasteiger partial charge is 0.406 e. The lowest BCUT2D eigenvalue weighted by Gasteiger charge is -2.29. The van der Waals surface area contributed by atoms with Crippen molar-refractivity contribution in [1.82, 2.24) is 14.8 Å². The lowest BCUT2D eigenvalue weighted by molar-refractivity contribution is -0.274. The van der Waals surface area contributed by atoms with E-state index in [1.165, 1.54) is 47.0 Å². The number of carbonyl (C=O) groups excluding carboxylic acids is 1. The van der Waals surface area contributed by atoms with Gasteiger partial charge in [-0.2, -0.15) is 5.10 Å². The quantitative estimate of drug-likeness (QED) is 0.202.